The van der Waals surface area contributed by atoms with Gasteiger partial charge in [-0.1, -0.05) is 54.8 Å². The highest BCUT2D eigenvalue weighted by Crippen LogP contribution is 2.26. The van der Waals surface area contributed by atoms with E-state index < -0.39 is 0 Å². The van der Waals surface area contributed by atoms with E-state index in [0.29, 0.717) is 11.9 Å². The van der Waals surface area contributed by atoms with Gasteiger partial charge in [0.1, 0.15) is 0 Å². The van der Waals surface area contributed by atoms with Crippen LogP contribution in [0.2, 0.25) is 0 Å². The fourth-order valence-electron chi connectivity index (χ4n) is 4.60. The van der Waals surface area contributed by atoms with Crippen molar-refractivity contribution in [2.75, 3.05) is 13.1 Å². The third-order valence-electron chi connectivity index (χ3n) is 6.17. The van der Waals surface area contributed by atoms with Crippen molar-refractivity contribution < 1.29 is 4.52 Å². The first-order chi connectivity index (χ1) is 13.3. The lowest BCUT2D eigenvalue weighted by Crippen LogP contribution is -2.47. The van der Waals surface area contributed by atoms with Crippen LogP contribution >= 0.6 is 0 Å². The van der Waals surface area contributed by atoms with Crippen LogP contribution in [0, 0.1) is 0 Å². The van der Waals surface area contributed by atoms with Gasteiger partial charge in [-0.2, -0.15) is 4.98 Å². The molecule has 0 bridgehead atoms. The monoisotopic (exact) mass is 368 g/mol. The summed E-state index contributed by atoms with van der Waals surface area (Å²) in [5.74, 6) is 1.47. The molecule has 2 aliphatic rings. The molecule has 1 N–H and O–H groups in total. The Hall–Kier alpha value is -1.72. The van der Waals surface area contributed by atoms with Gasteiger partial charge < -0.3 is 14.7 Å². The Morgan fingerprint density at radius 3 is 2.56 bits per heavy atom. The summed E-state index contributed by atoms with van der Waals surface area (Å²) in [6.07, 6.45) is 10.2. The molecule has 1 saturated carbocycles. The molecule has 0 spiro atoms. The van der Waals surface area contributed by atoms with Crippen molar-refractivity contribution in [1.29, 1.82) is 0 Å². The van der Waals surface area contributed by atoms with E-state index >= 15 is 0 Å². The van der Waals surface area contributed by atoms with Gasteiger partial charge in [0.25, 0.3) is 0 Å². The van der Waals surface area contributed by atoms with E-state index in [1.54, 1.807) is 0 Å². The summed E-state index contributed by atoms with van der Waals surface area (Å²) >= 11 is 0. The highest BCUT2D eigenvalue weighted by molar-refractivity contribution is 5.18. The molecule has 5 heteroatoms. The highest BCUT2D eigenvalue weighted by atomic mass is 16.5. The molecular formula is C22H32N4O. The summed E-state index contributed by atoms with van der Waals surface area (Å²) in [6.45, 7) is 4.57. The van der Waals surface area contributed by atoms with Crippen LogP contribution in [0.1, 0.15) is 75.2 Å². The van der Waals surface area contributed by atoms with Crippen molar-refractivity contribution in [1.82, 2.24) is 20.4 Å². The van der Waals surface area contributed by atoms with Crippen LogP contribution in [-0.2, 0) is 6.42 Å². The largest absolute Gasteiger partial charge is 0.338 e. The molecule has 1 aromatic heterocycles. The minimum atomic E-state index is 0.105. The average molecular weight is 369 g/mol. The normalized spacial score (nSPS) is 21.4. The third kappa shape index (κ3) is 4.96. The van der Waals surface area contributed by atoms with Gasteiger partial charge >= 0.3 is 0 Å². The fraction of sp³-hybridized carbons (Fsp3) is 0.636. The third-order valence-corrected chi connectivity index (χ3v) is 6.17. The Morgan fingerprint density at radius 2 is 1.81 bits per heavy atom. The van der Waals surface area contributed by atoms with Crippen LogP contribution < -0.4 is 5.32 Å². The predicted molar refractivity (Wildman–Crippen MR) is 107 cm³/mol. The van der Waals surface area contributed by atoms with Crippen molar-refractivity contribution in [2.45, 2.75) is 76.4 Å². The molecule has 1 saturated heterocycles. The molecule has 2 heterocycles. The molecule has 4 rings (SSSR count). The summed E-state index contributed by atoms with van der Waals surface area (Å²) in [6, 6.07) is 11.8. The van der Waals surface area contributed by atoms with Gasteiger partial charge in [0.15, 0.2) is 5.82 Å². The molecule has 146 valence electrons. The van der Waals surface area contributed by atoms with E-state index in [1.165, 1.54) is 63.6 Å². The Labute approximate surface area is 162 Å². The molecule has 1 aliphatic carbocycles. The molecule has 5 nitrogen and oxygen atoms in total. The highest BCUT2D eigenvalue weighted by Gasteiger charge is 2.27. The maximum atomic E-state index is 5.52. The predicted octanol–water partition coefficient (Wildman–Crippen LogP) is 4.11. The second-order valence-electron chi connectivity index (χ2n) is 8.20. The van der Waals surface area contributed by atoms with Crippen molar-refractivity contribution in [2.24, 2.45) is 0 Å². The van der Waals surface area contributed by atoms with Crippen molar-refractivity contribution in [3.8, 4) is 0 Å². The zero-order valence-corrected chi connectivity index (χ0v) is 16.4. The van der Waals surface area contributed by atoms with Gasteiger partial charge in [0, 0.05) is 18.5 Å². The van der Waals surface area contributed by atoms with E-state index in [0.717, 1.165) is 18.3 Å². The number of benzene rings is 1. The summed E-state index contributed by atoms with van der Waals surface area (Å²) < 4.78 is 5.52. The second kappa shape index (κ2) is 8.98. The van der Waals surface area contributed by atoms with Crippen molar-refractivity contribution in [3.05, 3.63) is 47.6 Å². The van der Waals surface area contributed by atoms with Gasteiger partial charge in [-0.15, -0.1) is 0 Å². The summed E-state index contributed by atoms with van der Waals surface area (Å²) in [4.78, 5) is 7.34. The minimum absolute atomic E-state index is 0.105. The van der Waals surface area contributed by atoms with E-state index in [9.17, 15) is 0 Å². The second-order valence-corrected chi connectivity index (χ2v) is 8.20. The van der Waals surface area contributed by atoms with Crippen LogP contribution in [0.3, 0.4) is 0 Å². The molecule has 0 radical (unpaired) electrons. The van der Waals surface area contributed by atoms with E-state index in [2.05, 4.69) is 39.4 Å². The quantitative estimate of drug-likeness (QED) is 0.832. The van der Waals surface area contributed by atoms with Crippen molar-refractivity contribution in [3.63, 3.8) is 0 Å². The topological polar surface area (TPSA) is 54.2 Å². The number of hydrogen-bond acceptors (Lipinski definition) is 5. The first-order valence-electron chi connectivity index (χ1n) is 10.6. The first kappa shape index (κ1) is 18.6. The zero-order valence-electron chi connectivity index (χ0n) is 16.4. The Balaban J connectivity index is 1.25. The number of rotatable bonds is 6. The Morgan fingerprint density at radius 1 is 1.07 bits per heavy atom. The fourth-order valence-corrected chi connectivity index (χ4v) is 4.60. The maximum Gasteiger partial charge on any atom is 0.243 e. The van der Waals surface area contributed by atoms with Gasteiger partial charge in [0.05, 0.1) is 6.04 Å². The number of nitrogens with one attached hydrogen (secondary N) is 1. The summed E-state index contributed by atoms with van der Waals surface area (Å²) in [5.41, 5.74) is 1.21. The lowest BCUT2D eigenvalue weighted by molar-refractivity contribution is 0.112. The summed E-state index contributed by atoms with van der Waals surface area (Å²) in [7, 11) is 0. The number of piperidine rings is 1. The SMILES string of the molecule is CC(NC1CCN(C2CCCCC2)CC1)c1nc(Cc2ccccc2)no1. The lowest BCUT2D eigenvalue weighted by atomic mass is 9.92. The van der Waals surface area contributed by atoms with Gasteiger partial charge in [-0.3, -0.25) is 0 Å². The Kier molecular flexibility index (Phi) is 6.20. The average Bonchev–Trinajstić information content (AvgIpc) is 3.19. The smallest absolute Gasteiger partial charge is 0.243 e. The number of aromatic nitrogens is 2. The standard InChI is InChI=1S/C22H32N4O/c1-17(22-24-21(25-27-22)16-18-8-4-2-5-9-18)23-19-12-14-26(15-13-19)20-10-6-3-7-11-20/h2,4-5,8-9,17,19-20,23H,3,6-7,10-16H2,1H3. The number of hydrogen-bond donors (Lipinski definition) is 1. The van der Waals surface area contributed by atoms with Crippen LogP contribution in [0.5, 0.6) is 0 Å². The molecule has 1 atom stereocenters. The van der Waals surface area contributed by atoms with Crippen LogP contribution in [0.15, 0.2) is 34.9 Å². The zero-order chi connectivity index (χ0) is 18.5. The first-order valence-corrected chi connectivity index (χ1v) is 10.6. The van der Waals surface area contributed by atoms with Gasteiger partial charge in [-0.05, 0) is 51.3 Å². The van der Waals surface area contributed by atoms with Gasteiger partial charge in [0.2, 0.25) is 5.89 Å². The van der Waals surface area contributed by atoms with Crippen LogP contribution in [0.25, 0.3) is 0 Å². The van der Waals surface area contributed by atoms with Gasteiger partial charge in [-0.25, -0.2) is 0 Å². The molecular weight excluding hydrogens is 336 g/mol. The molecule has 2 fully saturated rings. The molecule has 1 aliphatic heterocycles. The molecule has 27 heavy (non-hydrogen) atoms. The lowest BCUT2D eigenvalue weighted by Gasteiger charge is -2.40. The molecule has 2 aromatic rings. The Bertz CT molecular complexity index is 687. The number of likely N-dealkylation sites (tertiary alicyclic amines) is 1. The van der Waals surface area contributed by atoms with Crippen LogP contribution in [-0.4, -0.2) is 40.2 Å². The van der Waals surface area contributed by atoms with Crippen LogP contribution in [0.4, 0.5) is 0 Å². The molecule has 1 aromatic carbocycles. The van der Waals surface area contributed by atoms with E-state index in [-0.39, 0.29) is 6.04 Å². The van der Waals surface area contributed by atoms with E-state index in [1.807, 2.05) is 18.2 Å². The minimum Gasteiger partial charge on any atom is -0.338 e. The van der Waals surface area contributed by atoms with E-state index in [4.69, 9.17) is 4.52 Å². The number of nitrogens with zero attached hydrogens (tertiary/aromatic N) is 3. The summed E-state index contributed by atoms with van der Waals surface area (Å²) in [5, 5.41) is 7.88. The van der Waals surface area contributed by atoms with Crippen molar-refractivity contribution >= 4 is 0 Å². The molecule has 1 unspecified atom stereocenters. The maximum absolute atomic E-state index is 5.52. The molecule has 0 amide bonds.